The lowest BCUT2D eigenvalue weighted by atomic mass is 10.0. The predicted octanol–water partition coefficient (Wildman–Crippen LogP) is 6.59. The molecule has 16 nitrogen and oxygen atoms in total. The molecule has 0 radical (unpaired) electrons. The number of nitrogens with one attached hydrogen (secondary N) is 2. The minimum atomic E-state index is -5.01. The monoisotopic (exact) mass is 805 g/mol. The summed E-state index contributed by atoms with van der Waals surface area (Å²) in [5.74, 6) is -2.83. The van der Waals surface area contributed by atoms with Crippen LogP contribution < -0.4 is 19.5 Å². The fourth-order valence-corrected chi connectivity index (χ4v) is 6.28. The maximum atomic E-state index is 14.1. The summed E-state index contributed by atoms with van der Waals surface area (Å²) < 4.78 is 64.2. The standard InChI is InChI=1S/C39H55N3O13S/c1-36(2,3)52-30(43)22-28(33(45)53-37(4,5)6)41-56(48,49)42(35(47)55-39(10,11)12)23-25-15-13-17-29-31(25)50-20-14-16-24-21-26(18-19-27(24)32(44)51-29)40-34(46)54-38(7,8)9/h13,15,17-19,21,28,41H,14,16,20,22-23H2,1-12H3,(H,40,46)/t28-/m0/s1. The van der Waals surface area contributed by atoms with Gasteiger partial charge in [-0.1, -0.05) is 12.1 Å². The first kappa shape index (κ1) is 45.5. The number of rotatable bonds is 9. The van der Waals surface area contributed by atoms with Crippen molar-refractivity contribution >= 4 is 46.0 Å². The Kier molecular flexibility index (Phi) is 14.2. The van der Waals surface area contributed by atoms with Crippen molar-refractivity contribution in [3.63, 3.8) is 0 Å². The number of benzene rings is 2. The molecule has 0 fully saturated rings. The normalized spacial score (nSPS) is 14.4. The smallest absolute Gasteiger partial charge is 0.425 e. The van der Waals surface area contributed by atoms with E-state index in [1.165, 1.54) is 51.1 Å². The van der Waals surface area contributed by atoms with Crippen molar-refractivity contribution in [1.29, 1.82) is 0 Å². The van der Waals surface area contributed by atoms with Crippen molar-refractivity contribution in [2.24, 2.45) is 0 Å². The lowest BCUT2D eigenvalue weighted by molar-refractivity contribution is -0.164. The number of anilines is 1. The molecule has 0 saturated carbocycles. The number of esters is 3. The summed E-state index contributed by atoms with van der Waals surface area (Å²) in [6, 6.07) is 7.28. The SMILES string of the molecule is CC(C)(C)OC(=O)C[C@H](NS(=O)(=O)N(Cc1cccc2c1OCCCc1cc(NC(=O)OC(C)(C)C)ccc1C(=O)O2)C(=O)OC(C)(C)C)C(=O)OC(C)(C)C. The Bertz CT molecular complexity index is 1900. The third-order valence-electron chi connectivity index (χ3n) is 7.04. The van der Waals surface area contributed by atoms with Crippen LogP contribution in [0.25, 0.3) is 0 Å². The summed E-state index contributed by atoms with van der Waals surface area (Å²) in [7, 11) is -5.01. The van der Waals surface area contributed by atoms with Gasteiger partial charge in [0.25, 0.3) is 0 Å². The van der Waals surface area contributed by atoms with Crippen LogP contribution in [0.3, 0.4) is 0 Å². The maximum Gasteiger partial charge on any atom is 0.425 e. The number of hydrogen-bond donors (Lipinski definition) is 2. The summed E-state index contributed by atoms with van der Waals surface area (Å²) in [4.78, 5) is 65.7. The Morgan fingerprint density at radius 1 is 0.821 bits per heavy atom. The van der Waals surface area contributed by atoms with E-state index in [2.05, 4.69) is 10.0 Å². The molecule has 0 aliphatic carbocycles. The van der Waals surface area contributed by atoms with Crippen LogP contribution in [-0.2, 0) is 51.7 Å². The van der Waals surface area contributed by atoms with Crippen LogP contribution in [0.1, 0.15) is 117 Å². The molecule has 17 heteroatoms. The molecule has 3 rings (SSSR count). The summed E-state index contributed by atoms with van der Waals surface area (Å²) in [6.45, 7) is 18.7. The molecule has 2 N–H and O–H groups in total. The van der Waals surface area contributed by atoms with E-state index in [1.54, 1.807) is 68.4 Å². The minimum absolute atomic E-state index is 0.0197. The maximum absolute atomic E-state index is 14.1. The van der Waals surface area contributed by atoms with Crippen LogP contribution in [0.4, 0.5) is 15.3 Å². The number of fused-ring (bicyclic) bond motifs is 2. The van der Waals surface area contributed by atoms with Crippen molar-refractivity contribution in [2.75, 3.05) is 11.9 Å². The number of aryl methyl sites for hydroxylation is 1. The molecule has 1 atom stereocenters. The molecule has 2 aromatic carbocycles. The van der Waals surface area contributed by atoms with Gasteiger partial charge in [0, 0.05) is 11.3 Å². The Morgan fingerprint density at radius 2 is 1.43 bits per heavy atom. The highest BCUT2D eigenvalue weighted by Crippen LogP contribution is 2.35. The number of nitrogens with zero attached hydrogens (tertiary/aromatic N) is 1. The van der Waals surface area contributed by atoms with Crippen molar-refractivity contribution in [1.82, 2.24) is 9.03 Å². The Balaban J connectivity index is 2.01. The van der Waals surface area contributed by atoms with Gasteiger partial charge in [-0.15, -0.1) is 0 Å². The Labute approximate surface area is 329 Å². The number of para-hydroxylation sites is 1. The molecular weight excluding hydrogens is 751 g/mol. The molecule has 1 heterocycles. The summed E-state index contributed by atoms with van der Waals surface area (Å²) in [6.07, 6.45) is -2.03. The summed E-state index contributed by atoms with van der Waals surface area (Å²) in [5.41, 5.74) is -2.59. The first-order valence-electron chi connectivity index (χ1n) is 18.1. The zero-order valence-electron chi connectivity index (χ0n) is 34.2. The Morgan fingerprint density at radius 3 is 2.02 bits per heavy atom. The Hall–Kier alpha value is -4.90. The van der Waals surface area contributed by atoms with Gasteiger partial charge in [-0.25, -0.2) is 14.4 Å². The number of amides is 2. The van der Waals surface area contributed by atoms with E-state index < -0.39 is 81.7 Å². The molecule has 2 aromatic rings. The largest absolute Gasteiger partial charge is 0.489 e. The van der Waals surface area contributed by atoms with Gasteiger partial charge in [0.1, 0.15) is 28.4 Å². The van der Waals surface area contributed by atoms with Gasteiger partial charge in [0.05, 0.1) is 25.1 Å². The second kappa shape index (κ2) is 17.5. The third-order valence-corrected chi connectivity index (χ3v) is 8.49. The molecule has 0 aromatic heterocycles. The highest BCUT2D eigenvalue weighted by atomic mass is 32.2. The minimum Gasteiger partial charge on any atom is -0.489 e. The third kappa shape index (κ3) is 14.6. The number of ether oxygens (including phenoxy) is 6. The quantitative estimate of drug-likeness (QED) is 0.156. The van der Waals surface area contributed by atoms with Gasteiger partial charge >= 0.3 is 40.3 Å². The second-order valence-electron chi connectivity index (χ2n) is 17.1. The summed E-state index contributed by atoms with van der Waals surface area (Å²) in [5, 5.41) is 2.66. The van der Waals surface area contributed by atoms with Crippen molar-refractivity contribution in [2.45, 2.75) is 137 Å². The van der Waals surface area contributed by atoms with Gasteiger partial charge < -0.3 is 28.4 Å². The van der Waals surface area contributed by atoms with E-state index in [0.717, 1.165) is 0 Å². The van der Waals surface area contributed by atoms with Crippen LogP contribution >= 0.6 is 0 Å². The molecule has 56 heavy (non-hydrogen) atoms. The van der Waals surface area contributed by atoms with Gasteiger partial charge in [0.15, 0.2) is 11.5 Å². The number of hydrogen-bond acceptors (Lipinski definition) is 13. The predicted molar refractivity (Wildman–Crippen MR) is 205 cm³/mol. The van der Waals surface area contributed by atoms with Crippen LogP contribution in [0.15, 0.2) is 36.4 Å². The van der Waals surface area contributed by atoms with Crippen molar-refractivity contribution in [3.05, 3.63) is 53.1 Å². The average Bonchev–Trinajstić information content (AvgIpc) is 2.98. The zero-order chi connectivity index (χ0) is 42.4. The molecule has 0 spiro atoms. The zero-order valence-corrected chi connectivity index (χ0v) is 35.1. The molecule has 2 amide bonds. The van der Waals surface area contributed by atoms with Crippen LogP contribution in [0, 0.1) is 0 Å². The topological polar surface area (TPSA) is 202 Å². The molecule has 1 aliphatic rings. The van der Waals surface area contributed by atoms with E-state index in [4.69, 9.17) is 28.4 Å². The highest BCUT2D eigenvalue weighted by molar-refractivity contribution is 7.87. The van der Waals surface area contributed by atoms with Crippen LogP contribution in [0.5, 0.6) is 11.5 Å². The molecule has 0 bridgehead atoms. The number of carbonyl (C=O) groups is 5. The van der Waals surface area contributed by atoms with E-state index in [-0.39, 0.29) is 29.2 Å². The van der Waals surface area contributed by atoms with E-state index >= 15 is 0 Å². The lowest BCUT2D eigenvalue weighted by Gasteiger charge is -2.30. The van der Waals surface area contributed by atoms with Crippen LogP contribution in [0.2, 0.25) is 0 Å². The van der Waals surface area contributed by atoms with Crippen molar-refractivity contribution < 1.29 is 60.8 Å². The number of carbonyl (C=O) groups excluding carboxylic acids is 5. The van der Waals surface area contributed by atoms with E-state index in [9.17, 15) is 32.4 Å². The molecule has 1 aliphatic heterocycles. The van der Waals surface area contributed by atoms with Crippen molar-refractivity contribution in [3.8, 4) is 11.5 Å². The molecular formula is C39H55N3O13S. The highest BCUT2D eigenvalue weighted by Gasteiger charge is 2.39. The van der Waals surface area contributed by atoms with E-state index in [1.807, 2.05) is 0 Å². The molecule has 310 valence electrons. The van der Waals surface area contributed by atoms with Crippen LogP contribution in [-0.4, -0.2) is 77.9 Å². The summed E-state index contributed by atoms with van der Waals surface area (Å²) >= 11 is 0. The first-order chi connectivity index (χ1) is 25.5. The van der Waals surface area contributed by atoms with Gasteiger partial charge in [-0.05, 0) is 126 Å². The fourth-order valence-electron chi connectivity index (χ4n) is 5.08. The molecule has 0 saturated heterocycles. The van der Waals surface area contributed by atoms with E-state index in [0.29, 0.717) is 28.4 Å². The van der Waals surface area contributed by atoms with Gasteiger partial charge in [0.2, 0.25) is 0 Å². The lowest BCUT2D eigenvalue weighted by Crippen LogP contribution is -2.53. The fraction of sp³-hybridized carbons (Fsp3) is 0.564. The first-order valence-corrected chi connectivity index (χ1v) is 19.5. The average molecular weight is 806 g/mol. The molecule has 0 unspecified atom stereocenters. The van der Waals surface area contributed by atoms with Gasteiger partial charge in [-0.3, -0.25) is 14.9 Å². The van der Waals surface area contributed by atoms with Gasteiger partial charge in [-0.2, -0.15) is 17.4 Å². The second-order valence-corrected chi connectivity index (χ2v) is 18.7.